The molecule has 38 heavy (non-hydrogen) atoms. The molecule has 0 aromatic heterocycles. The van der Waals surface area contributed by atoms with Crippen molar-refractivity contribution in [1.82, 2.24) is 5.32 Å². The van der Waals surface area contributed by atoms with Gasteiger partial charge in [-0.25, -0.2) is 0 Å². The molecule has 10 heteroatoms. The number of benzene rings is 1. The Morgan fingerprint density at radius 2 is 1.84 bits per heavy atom. The fourth-order valence-corrected chi connectivity index (χ4v) is 7.12. The Bertz CT molecular complexity index is 1220. The Hall–Kier alpha value is -2.95. The molecule has 2 saturated carbocycles. The average Bonchev–Trinajstić information content (AvgIpc) is 2.86. The lowest BCUT2D eigenvalue weighted by Gasteiger charge is -2.48. The van der Waals surface area contributed by atoms with E-state index in [9.17, 15) is 34.8 Å². The summed E-state index contributed by atoms with van der Waals surface area (Å²) in [6.07, 6.45) is 4.58. The van der Waals surface area contributed by atoms with Crippen LogP contribution in [0.5, 0.6) is 5.75 Å². The molecule has 1 aromatic carbocycles. The van der Waals surface area contributed by atoms with Gasteiger partial charge < -0.3 is 36.4 Å². The van der Waals surface area contributed by atoms with E-state index in [0.29, 0.717) is 30.1 Å². The molecule has 206 valence electrons. The monoisotopic (exact) mass is 527 g/mol. The number of phenols is 1. The molecule has 10 nitrogen and oxygen atoms in total. The van der Waals surface area contributed by atoms with Crippen molar-refractivity contribution < 1.29 is 34.8 Å². The molecule has 2 fully saturated rings. The molecule has 1 amide bonds. The third-order valence-corrected chi connectivity index (χ3v) is 9.11. The lowest BCUT2D eigenvalue weighted by atomic mass is 9.57. The predicted molar refractivity (Wildman–Crippen MR) is 139 cm³/mol. The van der Waals surface area contributed by atoms with Crippen LogP contribution in [-0.4, -0.2) is 69.7 Å². The van der Waals surface area contributed by atoms with Gasteiger partial charge in [-0.1, -0.05) is 19.3 Å². The van der Waals surface area contributed by atoms with Crippen LogP contribution in [0.4, 0.5) is 5.69 Å². The quantitative estimate of drug-likeness (QED) is 0.308. The third-order valence-electron chi connectivity index (χ3n) is 9.11. The highest BCUT2D eigenvalue weighted by molar-refractivity contribution is 6.16. The van der Waals surface area contributed by atoms with Crippen molar-refractivity contribution in [3.63, 3.8) is 0 Å². The Morgan fingerprint density at radius 1 is 1.16 bits per heavy atom. The number of carbonyl (C=O) groups excluding carboxylic acids is 3. The number of aliphatic hydroxyl groups excluding tert-OH is 2. The van der Waals surface area contributed by atoms with Gasteiger partial charge in [-0.3, -0.25) is 14.4 Å². The van der Waals surface area contributed by atoms with Crippen LogP contribution in [0.1, 0.15) is 66.4 Å². The van der Waals surface area contributed by atoms with E-state index in [0.717, 1.165) is 31.4 Å². The number of aromatic hydroxyl groups is 1. The minimum atomic E-state index is -2.50. The molecule has 4 aliphatic rings. The van der Waals surface area contributed by atoms with E-state index in [4.69, 9.17) is 5.73 Å². The summed E-state index contributed by atoms with van der Waals surface area (Å²) in [6, 6.07) is 2.22. The van der Waals surface area contributed by atoms with Crippen LogP contribution in [0, 0.1) is 17.8 Å². The van der Waals surface area contributed by atoms with Crippen molar-refractivity contribution in [2.75, 3.05) is 19.0 Å². The number of hydrogen-bond acceptors (Lipinski definition) is 9. The van der Waals surface area contributed by atoms with Crippen LogP contribution in [-0.2, 0) is 22.6 Å². The number of amides is 1. The van der Waals surface area contributed by atoms with Crippen molar-refractivity contribution in [2.45, 2.75) is 75.7 Å². The van der Waals surface area contributed by atoms with Gasteiger partial charge in [-0.05, 0) is 49.7 Å². The molecule has 7 N–H and O–H groups in total. The van der Waals surface area contributed by atoms with Gasteiger partial charge in [0.2, 0.25) is 5.91 Å². The van der Waals surface area contributed by atoms with Crippen LogP contribution in [0.2, 0.25) is 0 Å². The zero-order chi connectivity index (χ0) is 27.5. The molecule has 2 unspecified atom stereocenters. The highest BCUT2D eigenvalue weighted by atomic mass is 16.3. The van der Waals surface area contributed by atoms with Gasteiger partial charge in [0.25, 0.3) is 0 Å². The topological polar surface area (TPSA) is 173 Å². The van der Waals surface area contributed by atoms with E-state index < -0.39 is 52.7 Å². The number of allylic oxidation sites excluding steroid dienone is 1. The van der Waals surface area contributed by atoms with E-state index >= 15 is 0 Å². The first kappa shape index (κ1) is 26.6. The van der Waals surface area contributed by atoms with Crippen LogP contribution in [0.25, 0.3) is 0 Å². The summed E-state index contributed by atoms with van der Waals surface area (Å²) in [5.74, 6) is -6.92. The lowest BCUT2D eigenvalue weighted by molar-refractivity contribution is -0.167. The Labute approximate surface area is 221 Å². The van der Waals surface area contributed by atoms with Gasteiger partial charge in [0, 0.05) is 49.4 Å². The van der Waals surface area contributed by atoms with Gasteiger partial charge in [0.1, 0.15) is 17.4 Å². The fourth-order valence-electron chi connectivity index (χ4n) is 7.12. The van der Waals surface area contributed by atoms with E-state index in [-0.39, 0.29) is 29.7 Å². The average molecular weight is 528 g/mol. The van der Waals surface area contributed by atoms with Crippen molar-refractivity contribution in [2.24, 2.45) is 23.5 Å². The Balaban J connectivity index is 1.57. The van der Waals surface area contributed by atoms with Gasteiger partial charge >= 0.3 is 0 Å². The van der Waals surface area contributed by atoms with E-state index in [2.05, 4.69) is 5.32 Å². The summed E-state index contributed by atoms with van der Waals surface area (Å²) in [6.45, 7) is 0.370. The standard InChI is InChI=1S/C28H37N3O7/c1-31(2)18-10-14(12-30-16-6-4-3-5-7-16)23(33)21-17(18)9-13-8-15-11-19(32)22(27(29)37)26(36)28(15,38)25(35)20(13)24(21)34/h10,13,15-16,19,22,30,32-33,35,38H,3-9,11-12H2,1-2H3,(H2,29,37)/t13-,15+,19?,22?,28+/m1/s1. The summed E-state index contributed by atoms with van der Waals surface area (Å²) >= 11 is 0. The first-order valence-corrected chi connectivity index (χ1v) is 13.5. The summed E-state index contributed by atoms with van der Waals surface area (Å²) in [7, 11) is 3.72. The molecular formula is C28H37N3O7. The van der Waals surface area contributed by atoms with Crippen LogP contribution in [0.3, 0.4) is 0 Å². The number of hydrogen-bond donors (Lipinski definition) is 6. The number of fused-ring (bicyclic) bond motifs is 3. The normalized spacial score (nSPS) is 31.5. The van der Waals surface area contributed by atoms with Crippen LogP contribution >= 0.6 is 0 Å². The summed E-state index contributed by atoms with van der Waals surface area (Å²) in [5, 5.41) is 48.0. The Kier molecular flexibility index (Phi) is 6.77. The second-order valence-electron chi connectivity index (χ2n) is 11.6. The highest BCUT2D eigenvalue weighted by Gasteiger charge is 2.62. The first-order chi connectivity index (χ1) is 18.0. The van der Waals surface area contributed by atoms with Gasteiger partial charge in [-0.2, -0.15) is 0 Å². The molecule has 0 spiro atoms. The molecule has 5 rings (SSSR count). The molecule has 1 aromatic rings. The summed E-state index contributed by atoms with van der Waals surface area (Å²) in [5.41, 5.74) is 4.73. The zero-order valence-corrected chi connectivity index (χ0v) is 21.9. The van der Waals surface area contributed by atoms with Crippen molar-refractivity contribution in [3.05, 3.63) is 34.1 Å². The Morgan fingerprint density at radius 3 is 2.47 bits per heavy atom. The molecule has 0 heterocycles. The lowest BCUT2D eigenvalue weighted by Crippen LogP contribution is -2.63. The maximum Gasteiger partial charge on any atom is 0.230 e. The molecule has 5 atom stereocenters. The second kappa shape index (κ2) is 9.66. The number of primary amides is 1. The number of Topliss-reactive ketones (excluding diaryl/α,β-unsaturated/α-hetero) is 2. The van der Waals surface area contributed by atoms with E-state index in [1.807, 2.05) is 25.1 Å². The second-order valence-corrected chi connectivity index (χ2v) is 11.6. The van der Waals surface area contributed by atoms with Gasteiger partial charge in [-0.15, -0.1) is 0 Å². The fraction of sp³-hybridized carbons (Fsp3) is 0.607. The molecule has 4 aliphatic carbocycles. The zero-order valence-electron chi connectivity index (χ0n) is 21.9. The highest BCUT2D eigenvalue weighted by Crippen LogP contribution is 2.53. The number of rotatable bonds is 5. The van der Waals surface area contributed by atoms with Gasteiger partial charge in [0.15, 0.2) is 17.2 Å². The molecular weight excluding hydrogens is 490 g/mol. The number of anilines is 1. The number of phenolic OH excluding ortho intramolecular Hbond substituents is 1. The molecule has 0 saturated heterocycles. The summed E-state index contributed by atoms with van der Waals surface area (Å²) < 4.78 is 0. The van der Waals surface area contributed by atoms with Crippen LogP contribution in [0.15, 0.2) is 17.4 Å². The maximum absolute atomic E-state index is 13.9. The third kappa shape index (κ3) is 4.01. The predicted octanol–water partition coefficient (Wildman–Crippen LogP) is 1.23. The number of ketones is 2. The number of nitrogens with zero attached hydrogens (tertiary/aromatic N) is 1. The largest absolute Gasteiger partial charge is 0.508 e. The first-order valence-electron chi connectivity index (χ1n) is 13.5. The SMILES string of the molecule is CN(C)c1cc(CNC2CCCCC2)c(O)c2c1C[C@H]1C[C@H]3CC(O)C(C(N)=O)C(=O)[C@@]3(O)C(O)=C1C2=O. The van der Waals surface area contributed by atoms with Gasteiger partial charge in [0.05, 0.1) is 11.7 Å². The van der Waals surface area contributed by atoms with Crippen molar-refractivity contribution in [1.29, 1.82) is 0 Å². The number of aliphatic hydroxyl groups is 3. The summed E-state index contributed by atoms with van der Waals surface area (Å²) in [4.78, 5) is 40.9. The maximum atomic E-state index is 13.9. The van der Waals surface area contributed by atoms with E-state index in [1.54, 1.807) is 0 Å². The number of nitrogens with two attached hydrogens (primary N) is 1. The van der Waals surface area contributed by atoms with E-state index in [1.165, 1.54) is 6.42 Å². The minimum absolute atomic E-state index is 0.0613. The molecule has 0 radical (unpaired) electrons. The van der Waals surface area contributed by atoms with Crippen molar-refractivity contribution >= 4 is 23.2 Å². The van der Waals surface area contributed by atoms with Crippen molar-refractivity contribution in [3.8, 4) is 5.75 Å². The van der Waals surface area contributed by atoms with Crippen LogP contribution < -0.4 is 16.0 Å². The minimum Gasteiger partial charge on any atom is -0.508 e. The smallest absolute Gasteiger partial charge is 0.230 e. The molecule has 0 bridgehead atoms. The number of nitrogens with one attached hydrogen (secondary N) is 1. The molecule has 0 aliphatic heterocycles. The number of carbonyl (C=O) groups is 3.